The number of benzene rings is 4. The van der Waals surface area contributed by atoms with Crippen LogP contribution in [0.25, 0.3) is 32.9 Å². The Labute approximate surface area is 174 Å². The molecular weight excluding hydrogens is 372 g/mol. The average molecular weight is 392 g/mol. The molecular formula is C26H20N2O2. The van der Waals surface area contributed by atoms with Gasteiger partial charge in [-0.15, -0.1) is 0 Å². The highest BCUT2D eigenvalue weighted by Gasteiger charge is 2.28. The molecule has 4 heteroatoms. The number of nitrogens with one attached hydrogen (secondary N) is 1. The first kappa shape index (κ1) is 18.1. The zero-order valence-electron chi connectivity index (χ0n) is 16.3. The van der Waals surface area contributed by atoms with Gasteiger partial charge in [-0.2, -0.15) is 0 Å². The minimum absolute atomic E-state index is 0.171. The Morgan fingerprint density at radius 2 is 1.43 bits per heavy atom. The van der Waals surface area contributed by atoms with Crippen LogP contribution in [0.15, 0.2) is 97.1 Å². The second kappa shape index (κ2) is 7.48. The summed E-state index contributed by atoms with van der Waals surface area (Å²) in [6, 6.07) is 32.2. The first-order valence-electron chi connectivity index (χ1n) is 9.98. The molecule has 0 amide bonds. The summed E-state index contributed by atoms with van der Waals surface area (Å²) in [6.07, 6.45) is 0. The molecule has 30 heavy (non-hydrogen) atoms. The van der Waals surface area contributed by atoms with Gasteiger partial charge in [0.1, 0.15) is 0 Å². The molecule has 0 aliphatic heterocycles. The summed E-state index contributed by atoms with van der Waals surface area (Å²) in [7, 11) is 0. The van der Waals surface area contributed by atoms with Crippen LogP contribution in [-0.4, -0.2) is 16.5 Å². The first-order valence-corrected chi connectivity index (χ1v) is 9.98. The van der Waals surface area contributed by atoms with Gasteiger partial charge in [0.25, 0.3) is 0 Å². The molecule has 5 aromatic rings. The van der Waals surface area contributed by atoms with Crippen LogP contribution < -0.4 is 0 Å². The molecule has 0 saturated heterocycles. The van der Waals surface area contributed by atoms with Crippen molar-refractivity contribution in [1.82, 2.24) is 4.98 Å². The fourth-order valence-electron chi connectivity index (χ4n) is 4.41. The van der Waals surface area contributed by atoms with Crippen LogP contribution >= 0.6 is 0 Å². The number of hydrogen-bond donors (Lipinski definition) is 1. The molecule has 4 nitrogen and oxygen atoms in total. The number of H-pyrrole nitrogens is 1. The summed E-state index contributed by atoms with van der Waals surface area (Å²) in [5, 5.41) is 15.0. The van der Waals surface area contributed by atoms with Crippen molar-refractivity contribution in [1.29, 1.82) is 0 Å². The molecule has 1 heterocycles. The van der Waals surface area contributed by atoms with Crippen LogP contribution in [0.3, 0.4) is 0 Å². The fraction of sp³-hybridized carbons (Fsp3) is 0.0769. The van der Waals surface area contributed by atoms with E-state index in [2.05, 4.69) is 23.2 Å². The number of fused-ring (bicyclic) bond motifs is 2. The molecule has 0 fully saturated rings. The van der Waals surface area contributed by atoms with Crippen LogP contribution in [0.1, 0.15) is 17.0 Å². The quantitative estimate of drug-likeness (QED) is 0.278. The van der Waals surface area contributed by atoms with E-state index in [9.17, 15) is 10.1 Å². The van der Waals surface area contributed by atoms with Crippen molar-refractivity contribution in [3.8, 4) is 11.3 Å². The van der Waals surface area contributed by atoms with Crippen molar-refractivity contribution < 1.29 is 4.92 Å². The Morgan fingerprint density at radius 1 is 0.767 bits per heavy atom. The van der Waals surface area contributed by atoms with Gasteiger partial charge in [-0.1, -0.05) is 91.0 Å². The van der Waals surface area contributed by atoms with E-state index in [0.29, 0.717) is 0 Å². The normalized spacial score (nSPS) is 12.3. The summed E-state index contributed by atoms with van der Waals surface area (Å²) in [5.74, 6) is -0.377. The number of para-hydroxylation sites is 1. The minimum Gasteiger partial charge on any atom is -0.354 e. The highest BCUT2D eigenvalue weighted by Crippen LogP contribution is 2.40. The molecule has 1 N–H and O–H groups in total. The zero-order chi connectivity index (χ0) is 20.5. The van der Waals surface area contributed by atoms with Crippen molar-refractivity contribution in [2.24, 2.45) is 0 Å². The van der Waals surface area contributed by atoms with E-state index in [1.165, 1.54) is 0 Å². The smallest absolute Gasteiger partial charge is 0.214 e. The van der Waals surface area contributed by atoms with E-state index in [1.807, 2.05) is 78.9 Å². The lowest BCUT2D eigenvalue weighted by molar-refractivity contribution is -0.481. The summed E-state index contributed by atoms with van der Waals surface area (Å²) in [6.45, 7) is -0.171. The third-order valence-corrected chi connectivity index (χ3v) is 5.69. The summed E-state index contributed by atoms with van der Waals surface area (Å²) >= 11 is 0. The second-order valence-corrected chi connectivity index (χ2v) is 7.46. The van der Waals surface area contributed by atoms with Crippen molar-refractivity contribution in [3.05, 3.63) is 118 Å². The molecule has 5 rings (SSSR count). The molecule has 1 unspecified atom stereocenters. The Balaban J connectivity index is 1.83. The van der Waals surface area contributed by atoms with Crippen molar-refractivity contribution >= 4 is 21.7 Å². The largest absolute Gasteiger partial charge is 0.354 e. The lowest BCUT2D eigenvalue weighted by Gasteiger charge is -2.18. The van der Waals surface area contributed by atoms with E-state index >= 15 is 0 Å². The number of aromatic amines is 1. The Morgan fingerprint density at radius 3 is 2.23 bits per heavy atom. The molecule has 0 bridgehead atoms. The van der Waals surface area contributed by atoms with Crippen LogP contribution in [0.2, 0.25) is 0 Å². The van der Waals surface area contributed by atoms with Crippen molar-refractivity contribution in [3.63, 3.8) is 0 Å². The molecule has 1 atom stereocenters. The molecule has 0 radical (unpaired) electrons. The highest BCUT2D eigenvalue weighted by atomic mass is 16.6. The van der Waals surface area contributed by atoms with Crippen molar-refractivity contribution in [2.75, 3.05) is 6.54 Å². The number of nitrogens with zero attached hydrogens (tertiary/aromatic N) is 1. The topological polar surface area (TPSA) is 58.9 Å². The predicted molar refractivity (Wildman–Crippen MR) is 121 cm³/mol. The van der Waals surface area contributed by atoms with Crippen molar-refractivity contribution in [2.45, 2.75) is 5.92 Å². The van der Waals surface area contributed by atoms with E-state index < -0.39 is 0 Å². The SMILES string of the molecule is O=[N+]([O-])CC(c1cccc2ccccc12)c1c(-c2ccccc2)[nH]c2ccccc12. The summed E-state index contributed by atoms with van der Waals surface area (Å²) < 4.78 is 0. The number of hydrogen-bond acceptors (Lipinski definition) is 2. The fourth-order valence-corrected chi connectivity index (χ4v) is 4.41. The second-order valence-electron chi connectivity index (χ2n) is 7.46. The first-order chi connectivity index (χ1) is 14.7. The molecule has 1 aromatic heterocycles. The van der Waals surface area contributed by atoms with E-state index in [0.717, 1.165) is 44.1 Å². The van der Waals surface area contributed by atoms with E-state index in [1.54, 1.807) is 0 Å². The molecule has 0 aliphatic rings. The molecule has 4 aromatic carbocycles. The van der Waals surface area contributed by atoms with Crippen LogP contribution in [-0.2, 0) is 0 Å². The maximum absolute atomic E-state index is 11.8. The lowest BCUT2D eigenvalue weighted by Crippen LogP contribution is -2.15. The van der Waals surface area contributed by atoms with Gasteiger partial charge in [-0.05, 0) is 33.5 Å². The third-order valence-electron chi connectivity index (χ3n) is 5.69. The van der Waals surface area contributed by atoms with E-state index in [-0.39, 0.29) is 17.4 Å². The van der Waals surface area contributed by atoms with Gasteiger partial charge in [-0.3, -0.25) is 10.1 Å². The Bertz CT molecular complexity index is 1350. The number of rotatable bonds is 5. The average Bonchev–Trinajstić information content (AvgIpc) is 3.17. The van der Waals surface area contributed by atoms with Crippen LogP contribution in [0.5, 0.6) is 0 Å². The predicted octanol–water partition coefficient (Wildman–Crippen LogP) is 6.40. The molecule has 0 aliphatic carbocycles. The van der Waals surface area contributed by atoms with Crippen LogP contribution in [0.4, 0.5) is 0 Å². The monoisotopic (exact) mass is 392 g/mol. The molecule has 0 saturated carbocycles. The number of nitro groups is 1. The maximum Gasteiger partial charge on any atom is 0.214 e. The Kier molecular flexibility index (Phi) is 4.52. The Hall–Kier alpha value is -3.92. The summed E-state index contributed by atoms with van der Waals surface area (Å²) in [4.78, 5) is 15.1. The van der Waals surface area contributed by atoms with Gasteiger partial charge in [-0.25, -0.2) is 0 Å². The van der Waals surface area contributed by atoms with Gasteiger partial charge in [0.2, 0.25) is 6.54 Å². The van der Waals surface area contributed by atoms with Gasteiger partial charge < -0.3 is 4.98 Å². The van der Waals surface area contributed by atoms with E-state index in [4.69, 9.17) is 0 Å². The number of aromatic nitrogens is 1. The van der Waals surface area contributed by atoms with Gasteiger partial charge in [0, 0.05) is 15.8 Å². The third kappa shape index (κ3) is 3.12. The van der Waals surface area contributed by atoms with Gasteiger partial charge in [0.05, 0.1) is 11.6 Å². The lowest BCUT2D eigenvalue weighted by atomic mass is 9.85. The summed E-state index contributed by atoms with van der Waals surface area (Å²) in [5.41, 5.74) is 4.91. The standard InChI is InChI=1S/C26H20N2O2/c29-28(30)17-23(21-15-8-12-18-9-4-5-13-20(18)21)25-22-14-6-7-16-24(22)27-26(25)19-10-2-1-3-11-19/h1-16,23,27H,17H2. The molecule has 0 spiro atoms. The maximum atomic E-state index is 11.8. The minimum atomic E-state index is -0.377. The molecule has 146 valence electrons. The highest BCUT2D eigenvalue weighted by molar-refractivity contribution is 5.94. The van der Waals surface area contributed by atoms with Gasteiger partial charge >= 0.3 is 0 Å². The van der Waals surface area contributed by atoms with Crippen LogP contribution in [0, 0.1) is 10.1 Å². The van der Waals surface area contributed by atoms with Gasteiger partial charge in [0.15, 0.2) is 0 Å². The zero-order valence-corrected chi connectivity index (χ0v) is 16.3.